The fraction of sp³-hybridized carbons (Fsp3) is 0.640. The van der Waals surface area contributed by atoms with Crippen LogP contribution in [-0.4, -0.2) is 64.8 Å². The van der Waals surface area contributed by atoms with E-state index in [9.17, 15) is 4.79 Å². The molecule has 0 aliphatic carbocycles. The fourth-order valence-electron chi connectivity index (χ4n) is 5.28. The van der Waals surface area contributed by atoms with Gasteiger partial charge in [-0.1, -0.05) is 25.7 Å². The molecule has 2 aromatic heterocycles. The molecule has 8 nitrogen and oxygen atoms in total. The van der Waals surface area contributed by atoms with Crippen LogP contribution in [0.2, 0.25) is 25.7 Å². The highest BCUT2D eigenvalue weighted by atomic mass is 28.3. The fourth-order valence-corrected chi connectivity index (χ4v) is 6.04. The summed E-state index contributed by atoms with van der Waals surface area (Å²) in [5, 5.41) is 8.31. The largest absolute Gasteiger partial charge is 0.360 e. The Morgan fingerprint density at radius 1 is 1.21 bits per heavy atom. The van der Waals surface area contributed by atoms with Gasteiger partial charge in [0.25, 0.3) is 0 Å². The summed E-state index contributed by atoms with van der Waals surface area (Å²) in [6.45, 7) is 14.4. The van der Waals surface area contributed by atoms with Crippen molar-refractivity contribution in [2.45, 2.75) is 71.7 Å². The monoisotopic (exact) mass is 482 g/mol. The molecule has 1 N–H and O–H groups in total. The number of aromatic nitrogens is 3. The van der Waals surface area contributed by atoms with Crippen LogP contribution in [0.15, 0.2) is 18.2 Å². The van der Waals surface area contributed by atoms with E-state index in [0.29, 0.717) is 19.8 Å². The van der Waals surface area contributed by atoms with Crippen LogP contribution in [0.4, 0.5) is 11.6 Å². The summed E-state index contributed by atoms with van der Waals surface area (Å²) in [7, 11) is -1.15. The molecule has 1 amide bonds. The minimum atomic E-state index is -1.15. The Morgan fingerprint density at radius 2 is 2.06 bits per heavy atom. The molecule has 5 heterocycles. The molecule has 3 aliphatic rings. The first-order valence-corrected chi connectivity index (χ1v) is 16.3. The van der Waals surface area contributed by atoms with Crippen LogP contribution < -0.4 is 5.32 Å². The van der Waals surface area contributed by atoms with E-state index in [4.69, 9.17) is 14.8 Å². The zero-order chi connectivity index (χ0) is 23.9. The maximum Gasteiger partial charge on any atom is 0.230 e. The molecule has 3 aliphatic heterocycles. The Kier molecular flexibility index (Phi) is 6.28. The number of anilines is 2. The molecular weight excluding hydrogens is 444 g/mol. The maximum absolute atomic E-state index is 13.7. The predicted molar refractivity (Wildman–Crippen MR) is 136 cm³/mol. The number of nitrogens with one attached hydrogen (secondary N) is 1. The van der Waals surface area contributed by atoms with Gasteiger partial charge in [0.15, 0.2) is 5.82 Å². The highest BCUT2D eigenvalue weighted by Gasteiger charge is 2.44. The lowest BCUT2D eigenvalue weighted by Crippen LogP contribution is -2.42. The molecule has 5 rings (SSSR count). The van der Waals surface area contributed by atoms with Gasteiger partial charge in [0.1, 0.15) is 12.5 Å². The highest BCUT2D eigenvalue weighted by molar-refractivity contribution is 6.76. The summed E-state index contributed by atoms with van der Waals surface area (Å²) in [6.07, 6.45) is 2.90. The summed E-state index contributed by atoms with van der Waals surface area (Å²) in [6, 6.07) is 7.26. The van der Waals surface area contributed by atoms with Gasteiger partial charge in [0.05, 0.1) is 24.2 Å². The number of hydrogen-bond donors (Lipinski definition) is 1. The zero-order valence-electron chi connectivity index (χ0n) is 21.1. The van der Waals surface area contributed by atoms with Crippen LogP contribution >= 0.6 is 0 Å². The number of rotatable bonds is 5. The van der Waals surface area contributed by atoms with E-state index in [1.54, 1.807) is 0 Å². The van der Waals surface area contributed by atoms with Crippen LogP contribution in [0.3, 0.4) is 0 Å². The van der Waals surface area contributed by atoms with Gasteiger partial charge >= 0.3 is 0 Å². The second-order valence-electron chi connectivity index (χ2n) is 11.6. The van der Waals surface area contributed by atoms with E-state index in [0.717, 1.165) is 80.1 Å². The van der Waals surface area contributed by atoms with Crippen molar-refractivity contribution in [1.29, 1.82) is 0 Å². The lowest BCUT2D eigenvalue weighted by atomic mass is 9.88. The van der Waals surface area contributed by atoms with E-state index in [1.165, 1.54) is 0 Å². The van der Waals surface area contributed by atoms with Crippen molar-refractivity contribution in [1.82, 2.24) is 24.6 Å². The van der Waals surface area contributed by atoms with Crippen molar-refractivity contribution >= 4 is 25.6 Å². The number of aryl methyl sites for hydroxylation is 1. The second kappa shape index (κ2) is 9.09. The molecule has 34 heavy (non-hydrogen) atoms. The molecule has 184 valence electrons. The van der Waals surface area contributed by atoms with Gasteiger partial charge in [0.2, 0.25) is 5.91 Å². The summed E-state index contributed by atoms with van der Waals surface area (Å²) in [5.74, 6) is 1.85. The summed E-state index contributed by atoms with van der Waals surface area (Å²) in [5.41, 5.74) is 2.93. The smallest absolute Gasteiger partial charge is 0.230 e. The standard InChI is InChI=1S/C25H38N6O2Si/c1-25-10-12-29(17-25)11-6-8-19-7-5-9-22(26-19)27-23-20-15-30(24(25)32)16-21(20)31(28-23)18-33-13-14-34(2,3)4/h5,7,9H,6,8,10-18H2,1-4H3,(H,26,27,28). The Bertz CT molecular complexity index is 1060. The van der Waals surface area contributed by atoms with Crippen LogP contribution in [0.1, 0.15) is 36.7 Å². The Hall–Kier alpha value is -2.23. The first kappa shape index (κ1) is 23.5. The van der Waals surface area contributed by atoms with Gasteiger partial charge in [-0.3, -0.25) is 4.79 Å². The highest BCUT2D eigenvalue weighted by Crippen LogP contribution is 2.37. The molecule has 1 fully saturated rings. The molecule has 2 unspecified atom stereocenters. The SMILES string of the molecule is CC12CCN(CCCc3cccc(n3)Nc3nn(COCC[Si](C)(C)C)c4c3CN(C4)C1=O)C2. The first-order chi connectivity index (χ1) is 16.2. The quantitative estimate of drug-likeness (QED) is 0.516. The summed E-state index contributed by atoms with van der Waals surface area (Å²) < 4.78 is 7.99. The zero-order valence-corrected chi connectivity index (χ0v) is 22.1. The van der Waals surface area contributed by atoms with Gasteiger partial charge in [0, 0.05) is 32.5 Å². The molecule has 0 radical (unpaired) electrons. The number of hydrogen-bond acceptors (Lipinski definition) is 6. The van der Waals surface area contributed by atoms with Crippen LogP contribution in [0, 0.1) is 5.41 Å². The van der Waals surface area contributed by atoms with Gasteiger partial charge in [-0.25, -0.2) is 9.67 Å². The molecule has 0 spiro atoms. The number of pyridine rings is 1. The molecule has 2 atom stereocenters. The van der Waals surface area contributed by atoms with Crippen molar-refractivity contribution < 1.29 is 9.53 Å². The van der Waals surface area contributed by atoms with Crippen molar-refractivity contribution in [2.24, 2.45) is 5.41 Å². The summed E-state index contributed by atoms with van der Waals surface area (Å²) in [4.78, 5) is 23.0. The molecular formula is C25H38N6O2Si. The van der Waals surface area contributed by atoms with Crippen molar-refractivity contribution in [2.75, 3.05) is 31.6 Å². The Balaban J connectivity index is 1.43. The Labute approximate surface area is 203 Å². The first-order valence-electron chi connectivity index (χ1n) is 12.6. The van der Waals surface area contributed by atoms with Crippen LogP contribution in [-0.2, 0) is 35.8 Å². The third-order valence-corrected chi connectivity index (χ3v) is 9.09. The van der Waals surface area contributed by atoms with E-state index in [-0.39, 0.29) is 11.3 Å². The Morgan fingerprint density at radius 3 is 2.88 bits per heavy atom. The second-order valence-corrected chi connectivity index (χ2v) is 17.2. The molecule has 2 aromatic rings. The van der Waals surface area contributed by atoms with Gasteiger partial charge in [-0.05, 0) is 57.5 Å². The maximum atomic E-state index is 13.7. The average Bonchev–Trinajstić information content (AvgIpc) is 3.46. The minimum Gasteiger partial charge on any atom is -0.360 e. The average molecular weight is 483 g/mol. The number of amides is 1. The van der Waals surface area contributed by atoms with Crippen molar-refractivity contribution in [3.63, 3.8) is 0 Å². The third-order valence-electron chi connectivity index (χ3n) is 7.38. The molecule has 6 bridgehead atoms. The predicted octanol–water partition coefficient (Wildman–Crippen LogP) is 3.83. The molecule has 1 saturated heterocycles. The van der Waals surface area contributed by atoms with E-state index >= 15 is 0 Å². The lowest BCUT2D eigenvalue weighted by molar-refractivity contribution is -0.141. The van der Waals surface area contributed by atoms with E-state index in [1.807, 2.05) is 15.6 Å². The minimum absolute atomic E-state index is 0.261. The van der Waals surface area contributed by atoms with E-state index < -0.39 is 8.07 Å². The van der Waals surface area contributed by atoms with Crippen molar-refractivity contribution in [3.05, 3.63) is 35.2 Å². The number of carbonyl (C=O) groups excluding carboxylic acids is 1. The lowest BCUT2D eigenvalue weighted by Gasteiger charge is -2.29. The van der Waals surface area contributed by atoms with Gasteiger partial charge < -0.3 is 19.9 Å². The van der Waals surface area contributed by atoms with Crippen LogP contribution in [0.5, 0.6) is 0 Å². The van der Waals surface area contributed by atoms with Gasteiger partial charge in [-0.2, -0.15) is 5.10 Å². The molecule has 0 aromatic carbocycles. The number of fused-ring (bicyclic) bond motifs is 5. The third kappa shape index (κ3) is 4.92. The topological polar surface area (TPSA) is 75.5 Å². The van der Waals surface area contributed by atoms with Crippen LogP contribution in [0.25, 0.3) is 0 Å². The number of nitrogens with zero attached hydrogens (tertiary/aromatic N) is 5. The normalized spacial score (nSPS) is 24.6. The van der Waals surface area contributed by atoms with Gasteiger partial charge in [-0.15, -0.1) is 0 Å². The summed E-state index contributed by atoms with van der Waals surface area (Å²) >= 11 is 0. The van der Waals surface area contributed by atoms with Crippen molar-refractivity contribution in [3.8, 4) is 0 Å². The van der Waals surface area contributed by atoms with E-state index in [2.05, 4.69) is 48.9 Å². The number of carbonyl (C=O) groups is 1. The number of ether oxygens (including phenoxy) is 1. The molecule has 9 heteroatoms. The molecule has 0 saturated carbocycles.